The van der Waals surface area contributed by atoms with E-state index >= 15 is 0 Å². The first-order valence-corrected chi connectivity index (χ1v) is 7.05. The number of hydrogen-bond acceptors (Lipinski definition) is 3. The largest absolute Gasteiger partial charge is 0.383 e. The van der Waals surface area contributed by atoms with Crippen LogP contribution in [0.25, 0.3) is 10.8 Å². The highest BCUT2D eigenvalue weighted by Crippen LogP contribution is 2.23. The normalized spacial score (nSPS) is 12.5. The molecule has 0 aliphatic heterocycles. The van der Waals surface area contributed by atoms with E-state index in [4.69, 9.17) is 4.74 Å². The highest BCUT2D eigenvalue weighted by Gasteiger charge is 2.10. The lowest BCUT2D eigenvalue weighted by Gasteiger charge is -2.16. The van der Waals surface area contributed by atoms with Crippen LogP contribution in [-0.4, -0.2) is 23.3 Å². The molecule has 1 heterocycles. The van der Waals surface area contributed by atoms with Crippen LogP contribution < -0.4 is 5.32 Å². The van der Waals surface area contributed by atoms with E-state index in [9.17, 15) is 0 Å². The molecule has 4 nitrogen and oxygen atoms in total. The summed E-state index contributed by atoms with van der Waals surface area (Å²) in [5.74, 6) is 0.829. The standard InChI is InChI=1S/C17H19N3O/c1-13(12-21-2)20-10-9-18-17(20)19-16-8-7-14-5-3-4-6-15(14)11-16/h3-11,13H,12H2,1-2H3,(H,18,19). The maximum absolute atomic E-state index is 5.21. The van der Waals surface area contributed by atoms with Gasteiger partial charge in [0.05, 0.1) is 12.6 Å². The second kappa shape index (κ2) is 5.97. The molecule has 2 aromatic carbocycles. The third-order valence-electron chi connectivity index (χ3n) is 3.56. The summed E-state index contributed by atoms with van der Waals surface area (Å²) in [5.41, 5.74) is 1.03. The Morgan fingerprint density at radius 1 is 1.19 bits per heavy atom. The molecule has 0 aliphatic carbocycles. The van der Waals surface area contributed by atoms with Crippen LogP contribution in [0.4, 0.5) is 11.6 Å². The minimum Gasteiger partial charge on any atom is -0.383 e. The summed E-state index contributed by atoms with van der Waals surface area (Å²) in [6, 6.07) is 14.9. The van der Waals surface area contributed by atoms with E-state index in [-0.39, 0.29) is 6.04 Å². The zero-order valence-corrected chi connectivity index (χ0v) is 12.3. The summed E-state index contributed by atoms with van der Waals surface area (Å²) in [5, 5.41) is 5.83. The molecule has 0 bridgehead atoms. The Bertz CT molecular complexity index is 735. The summed E-state index contributed by atoms with van der Waals surface area (Å²) in [7, 11) is 1.71. The van der Waals surface area contributed by atoms with Gasteiger partial charge in [-0.3, -0.25) is 0 Å². The Labute approximate surface area is 124 Å². The minimum absolute atomic E-state index is 0.237. The van der Waals surface area contributed by atoms with Gasteiger partial charge in [-0.1, -0.05) is 30.3 Å². The van der Waals surface area contributed by atoms with Crippen molar-refractivity contribution in [3.05, 3.63) is 54.9 Å². The van der Waals surface area contributed by atoms with Crippen molar-refractivity contribution in [2.45, 2.75) is 13.0 Å². The molecule has 21 heavy (non-hydrogen) atoms. The minimum atomic E-state index is 0.237. The Kier molecular flexibility index (Phi) is 3.88. The van der Waals surface area contributed by atoms with Crippen LogP contribution in [0.1, 0.15) is 13.0 Å². The van der Waals surface area contributed by atoms with Gasteiger partial charge in [-0.25, -0.2) is 4.98 Å². The van der Waals surface area contributed by atoms with Crippen molar-refractivity contribution in [2.24, 2.45) is 0 Å². The second-order valence-electron chi connectivity index (χ2n) is 5.15. The zero-order chi connectivity index (χ0) is 14.7. The fourth-order valence-electron chi connectivity index (χ4n) is 2.48. The van der Waals surface area contributed by atoms with Crippen LogP contribution in [0.5, 0.6) is 0 Å². The first kappa shape index (κ1) is 13.6. The van der Waals surface area contributed by atoms with Crippen molar-refractivity contribution in [3.8, 4) is 0 Å². The maximum Gasteiger partial charge on any atom is 0.207 e. The molecule has 0 saturated carbocycles. The molecule has 0 aliphatic rings. The highest BCUT2D eigenvalue weighted by atomic mass is 16.5. The van der Waals surface area contributed by atoms with Gasteiger partial charge in [-0.05, 0) is 29.8 Å². The summed E-state index contributed by atoms with van der Waals surface area (Å²) >= 11 is 0. The second-order valence-corrected chi connectivity index (χ2v) is 5.15. The molecule has 0 spiro atoms. The van der Waals surface area contributed by atoms with Gasteiger partial charge in [0.25, 0.3) is 0 Å². The van der Waals surface area contributed by atoms with Crippen molar-refractivity contribution < 1.29 is 4.74 Å². The molecule has 0 saturated heterocycles. The number of fused-ring (bicyclic) bond motifs is 1. The van der Waals surface area contributed by atoms with Crippen molar-refractivity contribution >= 4 is 22.4 Å². The number of benzene rings is 2. The molecular weight excluding hydrogens is 262 g/mol. The van der Waals surface area contributed by atoms with Crippen LogP contribution >= 0.6 is 0 Å². The van der Waals surface area contributed by atoms with Crippen molar-refractivity contribution in [1.29, 1.82) is 0 Å². The molecule has 1 aromatic heterocycles. The lowest BCUT2D eigenvalue weighted by atomic mass is 10.1. The number of methoxy groups -OCH3 is 1. The molecule has 3 aromatic rings. The summed E-state index contributed by atoms with van der Waals surface area (Å²) in [6.07, 6.45) is 3.77. The molecule has 3 rings (SSSR count). The molecule has 4 heteroatoms. The van der Waals surface area contributed by atoms with Gasteiger partial charge in [0.1, 0.15) is 0 Å². The first-order valence-electron chi connectivity index (χ1n) is 7.05. The van der Waals surface area contributed by atoms with E-state index in [0.29, 0.717) is 6.61 Å². The lowest BCUT2D eigenvalue weighted by Crippen LogP contribution is -2.12. The Morgan fingerprint density at radius 3 is 2.81 bits per heavy atom. The molecule has 1 unspecified atom stereocenters. The van der Waals surface area contributed by atoms with Crippen LogP contribution in [-0.2, 0) is 4.74 Å². The van der Waals surface area contributed by atoms with Gasteiger partial charge in [0.15, 0.2) is 0 Å². The van der Waals surface area contributed by atoms with Crippen molar-refractivity contribution in [1.82, 2.24) is 9.55 Å². The Morgan fingerprint density at radius 2 is 2.00 bits per heavy atom. The Hall–Kier alpha value is -2.33. The topological polar surface area (TPSA) is 39.1 Å². The fourth-order valence-corrected chi connectivity index (χ4v) is 2.48. The molecule has 1 N–H and O–H groups in total. The van der Waals surface area contributed by atoms with Gasteiger partial charge in [0.2, 0.25) is 5.95 Å². The number of nitrogens with zero attached hydrogens (tertiary/aromatic N) is 2. The smallest absolute Gasteiger partial charge is 0.207 e. The lowest BCUT2D eigenvalue weighted by molar-refractivity contribution is 0.163. The third kappa shape index (κ3) is 2.90. The number of aromatic nitrogens is 2. The van der Waals surface area contributed by atoms with Gasteiger partial charge >= 0.3 is 0 Å². The van der Waals surface area contributed by atoms with Crippen LogP contribution in [0.15, 0.2) is 54.9 Å². The summed E-state index contributed by atoms with van der Waals surface area (Å²) in [6.45, 7) is 2.76. The summed E-state index contributed by atoms with van der Waals surface area (Å²) in [4.78, 5) is 4.39. The van der Waals surface area contributed by atoms with E-state index in [1.165, 1.54) is 10.8 Å². The fraction of sp³-hybridized carbons (Fsp3) is 0.235. The highest BCUT2D eigenvalue weighted by molar-refractivity contribution is 5.86. The van der Waals surface area contributed by atoms with Gasteiger partial charge < -0.3 is 14.6 Å². The average Bonchev–Trinajstić information content (AvgIpc) is 2.95. The number of nitrogens with one attached hydrogen (secondary N) is 1. The quantitative estimate of drug-likeness (QED) is 0.768. The molecule has 1 atom stereocenters. The molecule has 0 radical (unpaired) electrons. The van der Waals surface area contributed by atoms with Crippen molar-refractivity contribution in [3.63, 3.8) is 0 Å². The van der Waals surface area contributed by atoms with Gasteiger partial charge in [0, 0.05) is 25.2 Å². The van der Waals surface area contributed by atoms with E-state index in [1.807, 2.05) is 12.3 Å². The van der Waals surface area contributed by atoms with Crippen LogP contribution in [0.2, 0.25) is 0 Å². The van der Waals surface area contributed by atoms with Gasteiger partial charge in [-0.15, -0.1) is 0 Å². The number of rotatable bonds is 5. The third-order valence-corrected chi connectivity index (χ3v) is 3.56. The monoisotopic (exact) mass is 281 g/mol. The van der Waals surface area contributed by atoms with E-state index < -0.39 is 0 Å². The van der Waals surface area contributed by atoms with Crippen molar-refractivity contribution in [2.75, 3.05) is 19.0 Å². The SMILES string of the molecule is COCC(C)n1ccnc1Nc1ccc2ccccc2c1. The van der Waals surface area contributed by atoms with Gasteiger partial charge in [-0.2, -0.15) is 0 Å². The first-order chi connectivity index (χ1) is 10.3. The maximum atomic E-state index is 5.21. The molecule has 108 valence electrons. The zero-order valence-electron chi connectivity index (χ0n) is 12.3. The predicted octanol–water partition coefficient (Wildman–Crippen LogP) is 3.99. The number of ether oxygens (including phenoxy) is 1. The van der Waals surface area contributed by atoms with E-state index in [0.717, 1.165) is 11.6 Å². The van der Waals surface area contributed by atoms with Crippen LogP contribution in [0, 0.1) is 0 Å². The average molecular weight is 281 g/mol. The Balaban J connectivity index is 1.87. The molecule has 0 fully saturated rings. The number of hydrogen-bond donors (Lipinski definition) is 1. The molecular formula is C17H19N3O. The number of imidazole rings is 1. The van der Waals surface area contributed by atoms with E-state index in [2.05, 4.69) is 58.2 Å². The van der Waals surface area contributed by atoms with Crippen LogP contribution in [0.3, 0.4) is 0 Å². The number of anilines is 2. The molecule has 0 amide bonds. The van der Waals surface area contributed by atoms with E-state index in [1.54, 1.807) is 13.3 Å². The summed E-state index contributed by atoms with van der Waals surface area (Å²) < 4.78 is 7.30. The predicted molar refractivity (Wildman–Crippen MR) is 86.0 cm³/mol.